The van der Waals surface area contributed by atoms with Crippen LogP contribution in [0.15, 0.2) is 48.9 Å². The van der Waals surface area contributed by atoms with Crippen molar-refractivity contribution in [2.75, 3.05) is 0 Å². The number of aromatic nitrogens is 2. The zero-order valence-corrected chi connectivity index (χ0v) is 11.7. The number of carbonyl (C=O) groups excluding carboxylic acids is 1. The first-order valence-electron chi connectivity index (χ1n) is 6.60. The molecule has 0 unspecified atom stereocenters. The monoisotopic (exact) mass is 301 g/mol. The summed E-state index contributed by atoms with van der Waals surface area (Å²) >= 11 is 0. The number of aliphatic carboxylic acids is 1. The molecule has 0 bridgehead atoms. The maximum Gasteiger partial charge on any atom is 0.408 e. The Labute approximate surface area is 127 Å². The van der Waals surface area contributed by atoms with Crippen molar-refractivity contribution in [3.8, 4) is 0 Å². The van der Waals surface area contributed by atoms with Crippen molar-refractivity contribution in [3.05, 3.63) is 60.2 Å². The molecule has 1 amide bonds. The van der Waals surface area contributed by atoms with Gasteiger partial charge in [-0.05, 0) is 5.56 Å². The number of hydrogen-bond donors (Lipinski definition) is 2. The Balaban J connectivity index is 1.95. The van der Waals surface area contributed by atoms with Crippen LogP contribution in [0, 0.1) is 0 Å². The summed E-state index contributed by atoms with van der Waals surface area (Å²) in [5, 5.41) is 11.4. The van der Waals surface area contributed by atoms with Crippen LogP contribution in [0.25, 0.3) is 0 Å². The fraction of sp³-hybridized carbons (Fsp3) is 0.200. The molecule has 2 N–H and O–H groups in total. The second kappa shape index (κ2) is 7.72. The van der Waals surface area contributed by atoms with Crippen molar-refractivity contribution in [1.29, 1.82) is 0 Å². The average Bonchev–Trinajstić information content (AvgIpc) is 2.54. The molecule has 1 heterocycles. The topological polar surface area (TPSA) is 101 Å². The molecule has 0 spiro atoms. The van der Waals surface area contributed by atoms with E-state index in [4.69, 9.17) is 9.84 Å². The van der Waals surface area contributed by atoms with E-state index in [-0.39, 0.29) is 13.0 Å². The van der Waals surface area contributed by atoms with Gasteiger partial charge in [0.15, 0.2) is 0 Å². The molecule has 0 aliphatic heterocycles. The van der Waals surface area contributed by atoms with E-state index in [9.17, 15) is 9.59 Å². The summed E-state index contributed by atoms with van der Waals surface area (Å²) in [5.74, 6) is -1.06. The molecule has 2 aromatic rings. The van der Waals surface area contributed by atoms with E-state index in [0.717, 1.165) is 5.56 Å². The van der Waals surface area contributed by atoms with Gasteiger partial charge in [-0.1, -0.05) is 30.3 Å². The third kappa shape index (κ3) is 4.86. The number of hydrogen-bond acceptors (Lipinski definition) is 5. The van der Waals surface area contributed by atoms with Crippen molar-refractivity contribution < 1.29 is 19.4 Å². The minimum atomic E-state index is -1.06. The Morgan fingerprint density at radius 2 is 2.00 bits per heavy atom. The summed E-state index contributed by atoms with van der Waals surface area (Å²) in [7, 11) is 0. The number of amides is 1. The lowest BCUT2D eigenvalue weighted by molar-refractivity contribution is -0.137. The van der Waals surface area contributed by atoms with Gasteiger partial charge in [0, 0.05) is 12.4 Å². The lowest BCUT2D eigenvalue weighted by Crippen LogP contribution is -2.31. The molecule has 7 heteroatoms. The highest BCUT2D eigenvalue weighted by Gasteiger charge is 2.20. The second-order valence-electron chi connectivity index (χ2n) is 4.49. The van der Waals surface area contributed by atoms with Crippen LogP contribution in [0.4, 0.5) is 4.79 Å². The molecule has 1 aromatic carbocycles. The summed E-state index contributed by atoms with van der Waals surface area (Å²) in [6.07, 6.45) is 3.29. The SMILES string of the molecule is O=C(O)C[C@@H](NC(=O)OCc1ccccc1)c1cnccn1. The number of nitrogens with one attached hydrogen (secondary N) is 1. The molecule has 1 atom stereocenters. The smallest absolute Gasteiger partial charge is 0.408 e. The van der Waals surface area contributed by atoms with Crippen LogP contribution >= 0.6 is 0 Å². The third-order valence-electron chi connectivity index (χ3n) is 2.82. The quantitative estimate of drug-likeness (QED) is 0.845. The van der Waals surface area contributed by atoms with E-state index in [0.29, 0.717) is 5.69 Å². The number of alkyl carbamates (subject to hydrolysis) is 1. The maximum atomic E-state index is 11.8. The first-order chi connectivity index (χ1) is 10.6. The molecular weight excluding hydrogens is 286 g/mol. The number of carboxylic acids is 1. The summed E-state index contributed by atoms with van der Waals surface area (Å²) in [6.45, 7) is 0.104. The van der Waals surface area contributed by atoms with Crippen LogP contribution in [0.5, 0.6) is 0 Å². The molecule has 2 rings (SSSR count). The number of ether oxygens (including phenoxy) is 1. The molecule has 1 aromatic heterocycles. The highest BCUT2D eigenvalue weighted by atomic mass is 16.5. The van der Waals surface area contributed by atoms with Gasteiger partial charge in [-0.3, -0.25) is 14.8 Å². The van der Waals surface area contributed by atoms with Crippen LogP contribution in [-0.2, 0) is 16.1 Å². The lowest BCUT2D eigenvalue weighted by Gasteiger charge is -2.16. The average molecular weight is 301 g/mol. The predicted octanol–water partition coefficient (Wildman–Crippen LogP) is 1.92. The number of benzene rings is 1. The predicted molar refractivity (Wildman–Crippen MR) is 76.8 cm³/mol. The Hall–Kier alpha value is -2.96. The largest absolute Gasteiger partial charge is 0.481 e. The van der Waals surface area contributed by atoms with Crippen LogP contribution < -0.4 is 5.32 Å². The molecule has 0 saturated heterocycles. The van der Waals surface area contributed by atoms with E-state index >= 15 is 0 Å². The highest BCUT2D eigenvalue weighted by Crippen LogP contribution is 2.13. The zero-order valence-electron chi connectivity index (χ0n) is 11.7. The molecular formula is C15H15N3O4. The third-order valence-corrected chi connectivity index (χ3v) is 2.82. The standard InChI is InChI=1S/C15H15N3O4/c19-14(20)8-12(13-9-16-6-7-17-13)18-15(21)22-10-11-4-2-1-3-5-11/h1-7,9,12H,8,10H2,(H,18,21)(H,19,20)/t12-/m1/s1. The van der Waals surface area contributed by atoms with Crippen LogP contribution in [0.3, 0.4) is 0 Å². The Bertz CT molecular complexity index is 619. The second-order valence-corrected chi connectivity index (χ2v) is 4.49. The Kier molecular flexibility index (Phi) is 5.42. The maximum absolute atomic E-state index is 11.8. The summed E-state index contributed by atoms with van der Waals surface area (Å²) in [5.41, 5.74) is 1.20. The molecule has 0 fully saturated rings. The molecule has 0 aliphatic carbocycles. The van der Waals surface area contributed by atoms with Gasteiger partial charge in [-0.15, -0.1) is 0 Å². The van der Waals surface area contributed by atoms with Gasteiger partial charge >= 0.3 is 12.1 Å². The summed E-state index contributed by atoms with van der Waals surface area (Å²) < 4.78 is 5.07. The minimum absolute atomic E-state index is 0.104. The molecule has 0 saturated carbocycles. The minimum Gasteiger partial charge on any atom is -0.481 e. The molecule has 114 valence electrons. The number of rotatable bonds is 6. The molecule has 0 radical (unpaired) electrons. The summed E-state index contributed by atoms with van der Waals surface area (Å²) in [6, 6.07) is 8.39. The van der Waals surface area contributed by atoms with Crippen molar-refractivity contribution in [2.45, 2.75) is 19.1 Å². The van der Waals surface area contributed by atoms with Crippen LogP contribution in [0.2, 0.25) is 0 Å². The van der Waals surface area contributed by atoms with E-state index in [1.54, 1.807) is 0 Å². The van der Waals surface area contributed by atoms with Crippen LogP contribution in [-0.4, -0.2) is 27.1 Å². The molecule has 7 nitrogen and oxygen atoms in total. The van der Waals surface area contributed by atoms with E-state index in [1.165, 1.54) is 18.6 Å². The van der Waals surface area contributed by atoms with Crippen LogP contribution in [0.1, 0.15) is 23.7 Å². The number of nitrogens with zero attached hydrogens (tertiary/aromatic N) is 2. The van der Waals surface area contributed by atoms with Crippen molar-refractivity contribution in [1.82, 2.24) is 15.3 Å². The van der Waals surface area contributed by atoms with Gasteiger partial charge in [0.2, 0.25) is 0 Å². The highest BCUT2D eigenvalue weighted by molar-refractivity contribution is 5.71. The fourth-order valence-electron chi connectivity index (χ4n) is 1.80. The summed E-state index contributed by atoms with van der Waals surface area (Å²) in [4.78, 5) is 30.6. The molecule has 0 aliphatic rings. The van der Waals surface area contributed by atoms with Crippen molar-refractivity contribution in [3.63, 3.8) is 0 Å². The van der Waals surface area contributed by atoms with Gasteiger partial charge in [0.05, 0.1) is 24.4 Å². The first kappa shape index (κ1) is 15.4. The van der Waals surface area contributed by atoms with E-state index < -0.39 is 18.1 Å². The zero-order chi connectivity index (χ0) is 15.8. The Morgan fingerprint density at radius 1 is 1.23 bits per heavy atom. The fourth-order valence-corrected chi connectivity index (χ4v) is 1.80. The normalized spacial score (nSPS) is 11.5. The van der Waals surface area contributed by atoms with Crippen molar-refractivity contribution >= 4 is 12.1 Å². The Morgan fingerprint density at radius 3 is 2.64 bits per heavy atom. The van der Waals surface area contributed by atoms with Gasteiger partial charge in [-0.2, -0.15) is 0 Å². The van der Waals surface area contributed by atoms with Gasteiger partial charge in [0.25, 0.3) is 0 Å². The van der Waals surface area contributed by atoms with Gasteiger partial charge in [0.1, 0.15) is 6.61 Å². The van der Waals surface area contributed by atoms with E-state index in [1.807, 2.05) is 30.3 Å². The van der Waals surface area contributed by atoms with Gasteiger partial charge < -0.3 is 15.2 Å². The van der Waals surface area contributed by atoms with Crippen molar-refractivity contribution in [2.24, 2.45) is 0 Å². The lowest BCUT2D eigenvalue weighted by atomic mass is 10.1. The molecule has 22 heavy (non-hydrogen) atoms. The van der Waals surface area contributed by atoms with E-state index in [2.05, 4.69) is 15.3 Å². The van der Waals surface area contributed by atoms with Gasteiger partial charge in [-0.25, -0.2) is 4.79 Å². The first-order valence-corrected chi connectivity index (χ1v) is 6.60. The number of carbonyl (C=O) groups is 2. The number of carboxylic acid groups (broad SMARTS) is 1.